The molecule has 1 unspecified atom stereocenters. The minimum absolute atomic E-state index is 0.165. The molecule has 92 valence electrons. The number of aliphatic carboxylic acids is 1. The van der Waals surface area contributed by atoms with E-state index in [9.17, 15) is 9.18 Å². The number of hydrogen-bond acceptors (Lipinski definition) is 2. The Labute approximate surface area is 107 Å². The Hall–Kier alpha value is -1.10. The van der Waals surface area contributed by atoms with Gasteiger partial charge in [0.15, 0.2) is 0 Å². The van der Waals surface area contributed by atoms with Crippen LogP contribution in [0.3, 0.4) is 0 Å². The number of rotatable bonds is 4. The van der Waals surface area contributed by atoms with Crippen LogP contribution >= 0.6 is 15.9 Å². The van der Waals surface area contributed by atoms with E-state index in [1.54, 1.807) is 6.07 Å². The normalized spacial score (nSPS) is 16.6. The van der Waals surface area contributed by atoms with Crippen molar-refractivity contribution >= 4 is 27.6 Å². The first kappa shape index (κ1) is 12.4. The molecule has 0 spiro atoms. The van der Waals surface area contributed by atoms with Gasteiger partial charge in [-0.1, -0.05) is 0 Å². The molecule has 0 bridgehead atoms. The molecule has 1 aromatic rings. The van der Waals surface area contributed by atoms with Gasteiger partial charge in [-0.3, -0.25) is 0 Å². The second-order valence-corrected chi connectivity index (χ2v) is 5.23. The quantitative estimate of drug-likeness (QED) is 0.898. The molecule has 0 heterocycles. The third-order valence-electron chi connectivity index (χ3n) is 2.94. The van der Waals surface area contributed by atoms with Crippen LogP contribution in [0, 0.1) is 18.7 Å². The van der Waals surface area contributed by atoms with Gasteiger partial charge in [-0.25, -0.2) is 9.18 Å². The summed E-state index contributed by atoms with van der Waals surface area (Å²) in [6, 6.07) is 2.36. The number of nitrogens with one attached hydrogen (secondary N) is 1. The maximum absolute atomic E-state index is 13.4. The molecule has 1 aliphatic carbocycles. The molecule has 3 nitrogen and oxygen atoms in total. The highest BCUT2D eigenvalue weighted by atomic mass is 79.9. The number of benzene rings is 1. The maximum Gasteiger partial charge on any atom is 0.326 e. The Bertz CT molecular complexity index is 460. The Morgan fingerprint density at radius 3 is 2.76 bits per heavy atom. The predicted molar refractivity (Wildman–Crippen MR) is 66.6 cm³/mol. The lowest BCUT2D eigenvalue weighted by molar-refractivity contribution is -0.138. The van der Waals surface area contributed by atoms with Crippen LogP contribution in [0.2, 0.25) is 0 Å². The molecule has 0 radical (unpaired) electrons. The van der Waals surface area contributed by atoms with E-state index in [-0.39, 0.29) is 5.92 Å². The summed E-state index contributed by atoms with van der Waals surface area (Å²) in [6.45, 7) is 1.82. The molecule has 0 saturated heterocycles. The van der Waals surface area contributed by atoms with Crippen molar-refractivity contribution < 1.29 is 14.3 Å². The molecule has 0 aliphatic heterocycles. The molecule has 2 rings (SSSR count). The van der Waals surface area contributed by atoms with E-state index in [1.165, 1.54) is 6.07 Å². The van der Waals surface area contributed by atoms with Crippen LogP contribution in [0.25, 0.3) is 0 Å². The van der Waals surface area contributed by atoms with E-state index in [1.807, 2.05) is 6.92 Å². The van der Waals surface area contributed by atoms with Crippen LogP contribution in [0.4, 0.5) is 10.1 Å². The summed E-state index contributed by atoms with van der Waals surface area (Å²) in [5.74, 6) is -1.10. The molecule has 1 fully saturated rings. The Morgan fingerprint density at radius 1 is 1.59 bits per heavy atom. The summed E-state index contributed by atoms with van der Waals surface area (Å²) < 4.78 is 13.8. The van der Waals surface area contributed by atoms with Crippen molar-refractivity contribution in [1.82, 2.24) is 0 Å². The highest BCUT2D eigenvalue weighted by molar-refractivity contribution is 9.10. The van der Waals surface area contributed by atoms with Crippen LogP contribution in [-0.2, 0) is 4.79 Å². The molecule has 1 aromatic carbocycles. The van der Waals surface area contributed by atoms with Crippen LogP contribution in [-0.4, -0.2) is 17.1 Å². The Morgan fingerprint density at radius 2 is 2.24 bits per heavy atom. The first-order valence-electron chi connectivity index (χ1n) is 5.44. The third kappa shape index (κ3) is 2.77. The summed E-state index contributed by atoms with van der Waals surface area (Å²) in [5, 5.41) is 12.0. The fourth-order valence-corrected chi connectivity index (χ4v) is 2.24. The smallest absolute Gasteiger partial charge is 0.326 e. The van der Waals surface area contributed by atoms with Crippen LogP contribution in [0.1, 0.15) is 18.4 Å². The van der Waals surface area contributed by atoms with Gasteiger partial charge in [-0.05, 0) is 59.3 Å². The number of carbonyl (C=O) groups is 1. The summed E-state index contributed by atoms with van der Waals surface area (Å²) in [4.78, 5) is 11.1. The van der Waals surface area contributed by atoms with E-state index in [0.29, 0.717) is 10.2 Å². The maximum atomic E-state index is 13.4. The lowest BCUT2D eigenvalue weighted by atomic mass is 10.1. The average Bonchev–Trinajstić information content (AvgIpc) is 3.04. The molecule has 2 N–H and O–H groups in total. The van der Waals surface area contributed by atoms with Crippen LogP contribution in [0.5, 0.6) is 0 Å². The second kappa shape index (κ2) is 4.64. The van der Waals surface area contributed by atoms with Gasteiger partial charge in [-0.15, -0.1) is 0 Å². The van der Waals surface area contributed by atoms with Gasteiger partial charge in [0.25, 0.3) is 0 Å². The zero-order valence-electron chi connectivity index (χ0n) is 9.34. The highest BCUT2D eigenvalue weighted by Crippen LogP contribution is 2.35. The molecule has 1 saturated carbocycles. The topological polar surface area (TPSA) is 49.3 Å². The summed E-state index contributed by atoms with van der Waals surface area (Å²) in [7, 11) is 0. The van der Waals surface area contributed by atoms with E-state index in [2.05, 4.69) is 21.2 Å². The molecule has 1 atom stereocenters. The number of carboxylic acids is 1. The van der Waals surface area contributed by atoms with E-state index in [4.69, 9.17) is 5.11 Å². The van der Waals surface area contributed by atoms with Gasteiger partial charge in [-0.2, -0.15) is 0 Å². The van der Waals surface area contributed by atoms with Crippen molar-refractivity contribution in [3.63, 3.8) is 0 Å². The first-order chi connectivity index (χ1) is 7.99. The number of carboxylic acid groups (broad SMARTS) is 1. The summed E-state index contributed by atoms with van der Waals surface area (Å²) in [5.41, 5.74) is 1.37. The van der Waals surface area contributed by atoms with Crippen molar-refractivity contribution in [3.05, 3.63) is 28.0 Å². The first-order valence-corrected chi connectivity index (χ1v) is 6.23. The van der Waals surface area contributed by atoms with E-state index in [0.717, 1.165) is 18.4 Å². The molecular weight excluding hydrogens is 289 g/mol. The standard InChI is InChI=1S/C12H13BrFNO2/c1-6-4-8(13)9(14)5-10(6)15-11(12(16)17)7-2-3-7/h4-5,7,11,15H,2-3H2,1H3,(H,16,17). The second-order valence-electron chi connectivity index (χ2n) is 4.38. The third-order valence-corrected chi connectivity index (χ3v) is 3.55. The molecular formula is C12H13BrFNO2. The molecule has 1 aliphatic rings. The number of anilines is 1. The molecule has 0 aromatic heterocycles. The van der Waals surface area contributed by atoms with Crippen molar-refractivity contribution in [2.75, 3.05) is 5.32 Å². The SMILES string of the molecule is Cc1cc(Br)c(F)cc1NC(C(=O)O)C1CC1. The number of aryl methyl sites for hydroxylation is 1. The van der Waals surface area contributed by atoms with Gasteiger partial charge < -0.3 is 10.4 Å². The zero-order chi connectivity index (χ0) is 12.6. The van der Waals surface area contributed by atoms with Crippen molar-refractivity contribution in [2.24, 2.45) is 5.92 Å². The minimum Gasteiger partial charge on any atom is -0.480 e. The monoisotopic (exact) mass is 301 g/mol. The molecule has 0 amide bonds. The number of hydrogen-bond donors (Lipinski definition) is 2. The van der Waals surface area contributed by atoms with Gasteiger partial charge >= 0.3 is 5.97 Å². The van der Waals surface area contributed by atoms with E-state index >= 15 is 0 Å². The highest BCUT2D eigenvalue weighted by Gasteiger charge is 2.36. The Balaban J connectivity index is 2.22. The van der Waals surface area contributed by atoms with Crippen molar-refractivity contribution in [1.29, 1.82) is 0 Å². The van der Waals surface area contributed by atoms with E-state index < -0.39 is 17.8 Å². The molecule has 17 heavy (non-hydrogen) atoms. The van der Waals surface area contributed by atoms with Crippen LogP contribution in [0.15, 0.2) is 16.6 Å². The largest absolute Gasteiger partial charge is 0.480 e. The van der Waals surface area contributed by atoms with Gasteiger partial charge in [0.1, 0.15) is 11.9 Å². The lowest BCUT2D eigenvalue weighted by Gasteiger charge is -2.17. The number of halogens is 2. The predicted octanol–water partition coefficient (Wildman–Crippen LogP) is 3.17. The van der Waals surface area contributed by atoms with Gasteiger partial charge in [0.2, 0.25) is 0 Å². The Kier molecular flexibility index (Phi) is 3.38. The van der Waals surface area contributed by atoms with Crippen molar-refractivity contribution in [3.8, 4) is 0 Å². The summed E-state index contributed by atoms with van der Waals surface area (Å²) in [6.07, 6.45) is 1.84. The lowest BCUT2D eigenvalue weighted by Crippen LogP contribution is -2.31. The zero-order valence-corrected chi connectivity index (χ0v) is 10.9. The molecule has 5 heteroatoms. The fraction of sp³-hybridized carbons (Fsp3) is 0.417. The fourth-order valence-electron chi connectivity index (χ4n) is 1.78. The summed E-state index contributed by atoms with van der Waals surface area (Å²) >= 11 is 3.10. The van der Waals surface area contributed by atoms with Gasteiger partial charge in [0, 0.05) is 5.69 Å². The average molecular weight is 302 g/mol. The van der Waals surface area contributed by atoms with Gasteiger partial charge in [0.05, 0.1) is 4.47 Å². The minimum atomic E-state index is -0.879. The van der Waals surface area contributed by atoms with Crippen molar-refractivity contribution in [2.45, 2.75) is 25.8 Å². The van der Waals surface area contributed by atoms with Crippen LogP contribution < -0.4 is 5.32 Å².